The molecule has 5 nitrogen and oxygen atoms in total. The predicted molar refractivity (Wildman–Crippen MR) is 88.7 cm³/mol. The van der Waals surface area contributed by atoms with Gasteiger partial charge >= 0.3 is 0 Å². The van der Waals surface area contributed by atoms with Crippen LogP contribution in [0.1, 0.15) is 11.1 Å². The molecular formula is C16H19N3O2S. The van der Waals surface area contributed by atoms with Gasteiger partial charge in [0.25, 0.3) is 0 Å². The molecule has 0 spiro atoms. The van der Waals surface area contributed by atoms with Crippen LogP contribution in [-0.2, 0) is 16.6 Å². The minimum absolute atomic E-state index is 0.422. The van der Waals surface area contributed by atoms with E-state index in [1.54, 1.807) is 6.20 Å². The summed E-state index contributed by atoms with van der Waals surface area (Å²) in [6.07, 6.45) is 3.04. The molecule has 0 amide bonds. The molecule has 2 aromatic rings. The molecule has 0 saturated heterocycles. The largest absolute Gasteiger partial charge is 0.350 e. The summed E-state index contributed by atoms with van der Waals surface area (Å²) >= 11 is 0. The van der Waals surface area contributed by atoms with Crippen LogP contribution in [0.2, 0.25) is 0 Å². The van der Waals surface area contributed by atoms with Gasteiger partial charge in [0.15, 0.2) is 0 Å². The van der Waals surface area contributed by atoms with Crippen molar-refractivity contribution in [3.8, 4) is 0 Å². The third-order valence-electron chi connectivity index (χ3n) is 3.82. The number of aryl methyl sites for hydroxylation is 1. The highest BCUT2D eigenvalue weighted by Crippen LogP contribution is 2.28. The first-order valence-corrected chi connectivity index (χ1v) is 9.03. The van der Waals surface area contributed by atoms with Crippen molar-refractivity contribution in [2.45, 2.75) is 13.5 Å². The fourth-order valence-electron chi connectivity index (χ4n) is 2.74. The number of sulfonamides is 1. The molecule has 1 aliphatic rings. The second kappa shape index (κ2) is 5.61. The molecule has 0 bridgehead atoms. The van der Waals surface area contributed by atoms with Gasteiger partial charge in [0.2, 0.25) is 10.0 Å². The molecule has 0 saturated carbocycles. The molecule has 0 fully saturated rings. The summed E-state index contributed by atoms with van der Waals surface area (Å²) in [5.41, 5.74) is 2.90. The van der Waals surface area contributed by atoms with Gasteiger partial charge in [-0.3, -0.25) is 4.31 Å². The van der Waals surface area contributed by atoms with Crippen molar-refractivity contribution in [3.05, 3.63) is 53.7 Å². The number of fused-ring (bicyclic) bond motifs is 1. The van der Waals surface area contributed by atoms with Crippen molar-refractivity contribution in [3.63, 3.8) is 0 Å². The van der Waals surface area contributed by atoms with E-state index in [-0.39, 0.29) is 0 Å². The van der Waals surface area contributed by atoms with Crippen LogP contribution in [0.3, 0.4) is 0 Å². The Labute approximate surface area is 131 Å². The quantitative estimate of drug-likeness (QED) is 0.852. The Morgan fingerprint density at radius 1 is 1.14 bits per heavy atom. The summed E-state index contributed by atoms with van der Waals surface area (Å²) < 4.78 is 25.7. The van der Waals surface area contributed by atoms with Gasteiger partial charge < -0.3 is 4.90 Å². The first kappa shape index (κ1) is 14.8. The third-order valence-corrected chi connectivity index (χ3v) is 5.00. The Bertz CT molecular complexity index is 789. The molecular weight excluding hydrogens is 298 g/mol. The summed E-state index contributed by atoms with van der Waals surface area (Å²) in [5.74, 6) is 0.880. The molecule has 1 aromatic carbocycles. The van der Waals surface area contributed by atoms with E-state index >= 15 is 0 Å². The number of para-hydroxylation sites is 1. The molecule has 0 aliphatic carbocycles. The lowest BCUT2D eigenvalue weighted by molar-refractivity contribution is 0.596. The van der Waals surface area contributed by atoms with Gasteiger partial charge in [-0.15, -0.1) is 0 Å². The van der Waals surface area contributed by atoms with Crippen molar-refractivity contribution < 1.29 is 8.42 Å². The molecule has 2 heterocycles. The van der Waals surface area contributed by atoms with Crippen molar-refractivity contribution >= 4 is 21.5 Å². The number of nitrogens with zero attached hydrogens (tertiary/aromatic N) is 3. The molecule has 3 rings (SSSR count). The smallest absolute Gasteiger partial charge is 0.232 e. The van der Waals surface area contributed by atoms with Gasteiger partial charge in [0.05, 0.1) is 18.5 Å². The molecule has 1 aliphatic heterocycles. The van der Waals surface area contributed by atoms with Crippen LogP contribution in [0.15, 0.2) is 42.6 Å². The lowest BCUT2D eigenvalue weighted by Crippen LogP contribution is -2.35. The number of aromatic nitrogens is 1. The van der Waals surface area contributed by atoms with E-state index in [4.69, 9.17) is 0 Å². The predicted octanol–water partition coefficient (Wildman–Crippen LogP) is 2.18. The van der Waals surface area contributed by atoms with Gasteiger partial charge in [-0.1, -0.05) is 18.2 Å². The van der Waals surface area contributed by atoms with Crippen LogP contribution in [-0.4, -0.2) is 32.7 Å². The van der Waals surface area contributed by atoms with Gasteiger partial charge in [0, 0.05) is 19.3 Å². The Hall–Kier alpha value is -2.08. The van der Waals surface area contributed by atoms with E-state index in [2.05, 4.69) is 9.88 Å². The molecule has 0 unspecified atom stereocenters. The molecule has 6 heteroatoms. The highest BCUT2D eigenvalue weighted by molar-refractivity contribution is 7.92. The Morgan fingerprint density at radius 3 is 2.64 bits per heavy atom. The first-order valence-electron chi connectivity index (χ1n) is 7.18. The Balaban J connectivity index is 2.02. The number of pyridine rings is 1. The van der Waals surface area contributed by atoms with E-state index in [9.17, 15) is 8.42 Å². The van der Waals surface area contributed by atoms with Crippen LogP contribution in [0.5, 0.6) is 0 Å². The monoisotopic (exact) mass is 317 g/mol. The second-order valence-corrected chi connectivity index (χ2v) is 7.48. The number of benzene rings is 1. The van der Waals surface area contributed by atoms with Gasteiger partial charge in [-0.25, -0.2) is 13.4 Å². The SMILES string of the molecule is Cc1ccnc(N2CCN(S(C)(=O)=O)c3ccccc3C2)c1. The van der Waals surface area contributed by atoms with E-state index < -0.39 is 10.0 Å². The molecule has 0 N–H and O–H groups in total. The topological polar surface area (TPSA) is 53.5 Å². The summed E-state index contributed by atoms with van der Waals surface area (Å²) in [6.45, 7) is 3.71. The van der Waals surface area contributed by atoms with Crippen molar-refractivity contribution in [2.24, 2.45) is 0 Å². The van der Waals surface area contributed by atoms with Crippen molar-refractivity contribution in [1.29, 1.82) is 0 Å². The summed E-state index contributed by atoms with van der Waals surface area (Å²) in [5, 5.41) is 0. The maximum Gasteiger partial charge on any atom is 0.232 e. The van der Waals surface area contributed by atoms with E-state index in [1.165, 1.54) is 10.6 Å². The van der Waals surface area contributed by atoms with Gasteiger partial charge in [-0.2, -0.15) is 0 Å². The highest BCUT2D eigenvalue weighted by Gasteiger charge is 2.25. The molecule has 0 atom stereocenters. The number of anilines is 2. The number of hydrogen-bond acceptors (Lipinski definition) is 4. The molecule has 22 heavy (non-hydrogen) atoms. The fraction of sp³-hybridized carbons (Fsp3) is 0.312. The van der Waals surface area contributed by atoms with Crippen LogP contribution >= 0.6 is 0 Å². The Kier molecular flexibility index (Phi) is 3.78. The van der Waals surface area contributed by atoms with E-state index in [0.29, 0.717) is 19.6 Å². The van der Waals surface area contributed by atoms with Crippen molar-refractivity contribution in [1.82, 2.24) is 4.98 Å². The van der Waals surface area contributed by atoms with E-state index in [0.717, 1.165) is 22.6 Å². The molecule has 1 aromatic heterocycles. The number of rotatable bonds is 2. The first-order chi connectivity index (χ1) is 10.4. The zero-order valence-electron chi connectivity index (χ0n) is 12.7. The maximum atomic E-state index is 12.1. The Morgan fingerprint density at radius 2 is 1.91 bits per heavy atom. The lowest BCUT2D eigenvalue weighted by Gasteiger charge is -2.23. The van der Waals surface area contributed by atoms with Gasteiger partial charge in [-0.05, 0) is 36.2 Å². The van der Waals surface area contributed by atoms with E-state index in [1.807, 2.05) is 43.3 Å². The zero-order chi connectivity index (χ0) is 15.7. The normalized spacial score (nSPS) is 15.4. The summed E-state index contributed by atoms with van der Waals surface area (Å²) in [7, 11) is -3.29. The minimum atomic E-state index is -3.29. The van der Waals surface area contributed by atoms with Crippen LogP contribution in [0, 0.1) is 6.92 Å². The van der Waals surface area contributed by atoms with Gasteiger partial charge in [0.1, 0.15) is 5.82 Å². The standard InChI is InChI=1S/C16H19N3O2S/c1-13-7-8-17-16(11-13)18-9-10-19(22(2,20)21)15-6-4-3-5-14(15)12-18/h3-8,11H,9-10,12H2,1-2H3. The highest BCUT2D eigenvalue weighted by atomic mass is 32.2. The second-order valence-electron chi connectivity index (χ2n) is 5.58. The number of hydrogen-bond donors (Lipinski definition) is 0. The lowest BCUT2D eigenvalue weighted by atomic mass is 10.1. The average molecular weight is 317 g/mol. The molecule has 116 valence electrons. The van der Waals surface area contributed by atoms with Crippen LogP contribution in [0.4, 0.5) is 11.5 Å². The maximum absolute atomic E-state index is 12.1. The zero-order valence-corrected chi connectivity index (χ0v) is 13.5. The third kappa shape index (κ3) is 2.92. The van der Waals surface area contributed by atoms with Crippen LogP contribution in [0.25, 0.3) is 0 Å². The fourth-order valence-corrected chi connectivity index (χ4v) is 3.69. The summed E-state index contributed by atoms with van der Waals surface area (Å²) in [6, 6.07) is 11.6. The van der Waals surface area contributed by atoms with Crippen molar-refractivity contribution in [2.75, 3.05) is 28.6 Å². The summed E-state index contributed by atoms with van der Waals surface area (Å²) in [4.78, 5) is 6.55. The van der Waals surface area contributed by atoms with Crippen LogP contribution < -0.4 is 9.21 Å². The minimum Gasteiger partial charge on any atom is -0.350 e. The molecule has 0 radical (unpaired) electrons. The average Bonchev–Trinajstić information content (AvgIpc) is 2.66.